The van der Waals surface area contributed by atoms with Crippen LogP contribution in [0.4, 0.5) is 13.2 Å². The third-order valence-corrected chi connectivity index (χ3v) is 5.76. The summed E-state index contributed by atoms with van der Waals surface area (Å²) in [4.78, 5) is 3.49. The normalized spacial score (nSPS) is 17.7. The summed E-state index contributed by atoms with van der Waals surface area (Å²) in [5, 5.41) is 5.33. The Balaban J connectivity index is 1.89. The lowest BCUT2D eigenvalue weighted by Gasteiger charge is -2.35. The molecule has 2 aromatic rings. The van der Waals surface area contributed by atoms with Crippen LogP contribution in [0, 0.1) is 0 Å². The van der Waals surface area contributed by atoms with Crippen LogP contribution in [0.15, 0.2) is 40.2 Å². The number of piperazine rings is 1. The van der Waals surface area contributed by atoms with Gasteiger partial charge in [0, 0.05) is 35.5 Å². The first-order valence-electron chi connectivity index (χ1n) is 7.47. The molecular formula is C16H16BrF3N2OS. The predicted octanol–water partition coefficient (Wildman–Crippen LogP) is 4.40. The average Bonchev–Trinajstić information content (AvgIpc) is 2.95. The van der Waals surface area contributed by atoms with E-state index in [9.17, 15) is 13.2 Å². The molecule has 2 heterocycles. The van der Waals surface area contributed by atoms with E-state index in [1.165, 1.54) is 12.1 Å². The van der Waals surface area contributed by atoms with E-state index in [2.05, 4.69) is 30.9 Å². The molecule has 0 aliphatic carbocycles. The Morgan fingerprint density at radius 3 is 2.33 bits per heavy atom. The predicted molar refractivity (Wildman–Crippen MR) is 91.4 cm³/mol. The van der Waals surface area contributed by atoms with Gasteiger partial charge >= 0.3 is 6.36 Å². The highest BCUT2D eigenvalue weighted by molar-refractivity contribution is 9.10. The van der Waals surface area contributed by atoms with Crippen molar-refractivity contribution < 1.29 is 17.9 Å². The third kappa shape index (κ3) is 4.30. The van der Waals surface area contributed by atoms with Crippen molar-refractivity contribution in [3.05, 3.63) is 50.6 Å². The fraction of sp³-hybridized carbons (Fsp3) is 0.375. The second kappa shape index (κ2) is 7.43. The van der Waals surface area contributed by atoms with Crippen LogP contribution in [0.25, 0.3) is 0 Å². The quantitative estimate of drug-likeness (QED) is 0.792. The molecule has 0 saturated carbocycles. The zero-order chi connectivity index (χ0) is 17.2. The van der Waals surface area contributed by atoms with E-state index in [0.717, 1.165) is 41.1 Å². The lowest BCUT2D eigenvalue weighted by molar-refractivity contribution is -0.274. The van der Waals surface area contributed by atoms with Gasteiger partial charge in [0.15, 0.2) is 0 Å². The van der Waals surface area contributed by atoms with Crippen LogP contribution >= 0.6 is 27.3 Å². The second-order valence-corrected chi connectivity index (χ2v) is 7.24. The molecule has 0 spiro atoms. The van der Waals surface area contributed by atoms with Crippen LogP contribution in [-0.2, 0) is 0 Å². The number of halogens is 4. The minimum atomic E-state index is -4.67. The Morgan fingerprint density at radius 2 is 1.79 bits per heavy atom. The summed E-state index contributed by atoms with van der Waals surface area (Å²) in [5.41, 5.74) is 0.953. The first kappa shape index (κ1) is 17.7. The van der Waals surface area contributed by atoms with E-state index in [1.54, 1.807) is 23.5 Å². The van der Waals surface area contributed by atoms with Gasteiger partial charge in [-0.2, -0.15) is 0 Å². The van der Waals surface area contributed by atoms with Crippen molar-refractivity contribution >= 4 is 27.3 Å². The Hall–Kier alpha value is -1.09. The molecule has 0 bridgehead atoms. The molecule has 3 nitrogen and oxygen atoms in total. The molecule has 24 heavy (non-hydrogen) atoms. The molecule has 3 rings (SSSR count). The van der Waals surface area contributed by atoms with Crippen molar-refractivity contribution in [3.63, 3.8) is 0 Å². The van der Waals surface area contributed by atoms with E-state index in [1.807, 2.05) is 11.4 Å². The third-order valence-electron chi connectivity index (χ3n) is 3.84. The fourth-order valence-electron chi connectivity index (χ4n) is 2.82. The number of nitrogens with one attached hydrogen (secondary N) is 1. The number of ether oxygens (including phenoxy) is 1. The smallest absolute Gasteiger partial charge is 0.406 e. The Morgan fingerprint density at radius 1 is 1.12 bits per heavy atom. The van der Waals surface area contributed by atoms with Gasteiger partial charge in [0.2, 0.25) is 0 Å². The number of alkyl halides is 3. The molecule has 1 aliphatic heterocycles. The van der Waals surface area contributed by atoms with Crippen molar-refractivity contribution in [1.29, 1.82) is 0 Å². The topological polar surface area (TPSA) is 24.5 Å². The van der Waals surface area contributed by atoms with E-state index < -0.39 is 6.36 Å². The SMILES string of the molecule is FC(F)(F)Oc1ccc([C@@H](c2sccc2Br)N2CCNCC2)cc1. The Kier molecular flexibility index (Phi) is 5.49. The van der Waals surface area contributed by atoms with E-state index >= 15 is 0 Å². The maximum Gasteiger partial charge on any atom is 0.573 e. The minimum Gasteiger partial charge on any atom is -0.406 e. The number of nitrogens with zero attached hydrogens (tertiary/aromatic N) is 1. The number of benzene rings is 1. The lowest BCUT2D eigenvalue weighted by atomic mass is 10.0. The van der Waals surface area contributed by atoms with Crippen molar-refractivity contribution in [2.75, 3.05) is 26.2 Å². The molecule has 130 valence electrons. The highest BCUT2D eigenvalue weighted by Crippen LogP contribution is 2.38. The van der Waals surface area contributed by atoms with Gasteiger partial charge in [0.1, 0.15) is 5.75 Å². The zero-order valence-corrected chi connectivity index (χ0v) is 15.0. The van der Waals surface area contributed by atoms with E-state index in [-0.39, 0.29) is 11.8 Å². The highest BCUT2D eigenvalue weighted by Gasteiger charge is 2.31. The first-order chi connectivity index (χ1) is 11.4. The number of rotatable bonds is 4. The monoisotopic (exact) mass is 420 g/mol. The number of hydrogen-bond acceptors (Lipinski definition) is 4. The van der Waals surface area contributed by atoms with Crippen molar-refractivity contribution in [2.24, 2.45) is 0 Å². The summed E-state index contributed by atoms with van der Waals surface area (Å²) in [6.45, 7) is 3.56. The largest absolute Gasteiger partial charge is 0.573 e. The Labute approximate surface area is 150 Å². The summed E-state index contributed by atoms with van der Waals surface area (Å²) in [6, 6.07) is 8.18. The maximum absolute atomic E-state index is 12.3. The molecule has 1 aliphatic rings. The van der Waals surface area contributed by atoms with E-state index in [0.29, 0.717) is 0 Å². The maximum atomic E-state index is 12.3. The van der Waals surface area contributed by atoms with Gasteiger partial charge < -0.3 is 10.1 Å². The molecule has 0 amide bonds. The van der Waals surface area contributed by atoms with Gasteiger partial charge in [0.25, 0.3) is 0 Å². The second-order valence-electron chi connectivity index (χ2n) is 5.44. The van der Waals surface area contributed by atoms with Crippen LogP contribution in [0.2, 0.25) is 0 Å². The lowest BCUT2D eigenvalue weighted by Crippen LogP contribution is -2.45. The van der Waals surface area contributed by atoms with Crippen LogP contribution in [-0.4, -0.2) is 37.4 Å². The molecule has 1 saturated heterocycles. The van der Waals surface area contributed by atoms with Gasteiger partial charge in [-0.1, -0.05) is 12.1 Å². The number of hydrogen-bond donors (Lipinski definition) is 1. The van der Waals surface area contributed by atoms with Gasteiger partial charge in [-0.25, -0.2) is 0 Å². The summed E-state index contributed by atoms with van der Waals surface area (Å²) in [7, 11) is 0. The van der Waals surface area contributed by atoms with Crippen molar-refractivity contribution in [1.82, 2.24) is 10.2 Å². The molecule has 0 radical (unpaired) electrons. The van der Waals surface area contributed by atoms with Crippen molar-refractivity contribution in [2.45, 2.75) is 12.4 Å². The van der Waals surface area contributed by atoms with Crippen LogP contribution in [0.5, 0.6) is 5.75 Å². The fourth-order valence-corrected chi connectivity index (χ4v) is 4.57. The first-order valence-corrected chi connectivity index (χ1v) is 9.15. The summed E-state index contributed by atoms with van der Waals surface area (Å²) in [6.07, 6.45) is -4.67. The minimum absolute atomic E-state index is 0.0152. The average molecular weight is 421 g/mol. The van der Waals surface area contributed by atoms with Gasteiger partial charge in [-0.15, -0.1) is 24.5 Å². The zero-order valence-electron chi connectivity index (χ0n) is 12.6. The standard InChI is InChI=1S/C16H16BrF3N2OS/c17-13-5-10-24-15(13)14(22-8-6-21-7-9-22)11-1-3-12(4-2-11)23-16(18,19)20/h1-5,10,14,21H,6-9H2/t14-/m0/s1. The van der Waals surface area contributed by atoms with Gasteiger partial charge in [-0.3, -0.25) is 4.90 Å². The van der Waals surface area contributed by atoms with Crippen LogP contribution in [0.1, 0.15) is 16.5 Å². The summed E-state index contributed by atoms with van der Waals surface area (Å²) < 4.78 is 42.0. The molecule has 8 heteroatoms. The molecule has 1 fully saturated rings. The Bertz CT molecular complexity index is 669. The van der Waals surface area contributed by atoms with E-state index in [4.69, 9.17) is 0 Å². The molecule has 1 aromatic carbocycles. The molecular weight excluding hydrogens is 405 g/mol. The van der Waals surface area contributed by atoms with Gasteiger partial charge in [-0.05, 0) is 45.1 Å². The number of thiophene rings is 1. The van der Waals surface area contributed by atoms with Crippen LogP contribution in [0.3, 0.4) is 0 Å². The molecule has 1 aromatic heterocycles. The summed E-state index contributed by atoms with van der Waals surface area (Å²) >= 11 is 5.22. The molecule has 1 N–H and O–H groups in total. The van der Waals surface area contributed by atoms with Gasteiger partial charge in [0.05, 0.1) is 6.04 Å². The molecule has 0 unspecified atom stereocenters. The summed E-state index contributed by atoms with van der Waals surface area (Å²) in [5.74, 6) is -0.199. The highest BCUT2D eigenvalue weighted by atomic mass is 79.9. The van der Waals surface area contributed by atoms with Crippen LogP contribution < -0.4 is 10.1 Å². The molecule has 1 atom stereocenters. The van der Waals surface area contributed by atoms with Crippen molar-refractivity contribution in [3.8, 4) is 5.75 Å².